The molecule has 0 radical (unpaired) electrons. The molecule has 3 N–H and O–H groups in total. The number of ether oxygens (including phenoxy) is 1. The van der Waals surface area contributed by atoms with Gasteiger partial charge in [-0.2, -0.15) is 0 Å². The molecule has 3 heterocycles. The fraction of sp³-hybridized carbons (Fsp3) is 0.179. The molecule has 10 nitrogen and oxygen atoms in total. The monoisotopic (exact) mass is 643 g/mol. The highest BCUT2D eigenvalue weighted by atomic mass is 35.5. The van der Waals surface area contributed by atoms with Crippen LogP contribution in [0.2, 0.25) is 0 Å². The van der Waals surface area contributed by atoms with Crippen LogP contribution < -0.4 is 11.1 Å². The molecule has 2 aliphatic heterocycles. The number of thiazole rings is 1. The molecular formula is C28H23Cl2N5O5S2. The molecule has 216 valence electrons. The number of thioether (sulfide) groups is 1. The minimum absolute atomic E-state index is 0.00275. The van der Waals surface area contributed by atoms with Gasteiger partial charge in [-0.15, -0.1) is 23.1 Å². The van der Waals surface area contributed by atoms with Crippen LogP contribution in [0.4, 0.5) is 5.13 Å². The van der Waals surface area contributed by atoms with Crippen LogP contribution in [0.1, 0.15) is 22.9 Å². The van der Waals surface area contributed by atoms with Crippen LogP contribution in [0, 0.1) is 0 Å². The molecule has 1 saturated heterocycles. The Morgan fingerprint density at radius 1 is 1.14 bits per heavy atom. The number of carbonyl (C=O) groups excluding carboxylic acids is 3. The number of carbonyl (C=O) groups is 3. The second kappa shape index (κ2) is 13.0. The lowest BCUT2D eigenvalue weighted by molar-refractivity contribution is -0.154. The fourth-order valence-corrected chi connectivity index (χ4v) is 6.64. The van der Waals surface area contributed by atoms with Gasteiger partial charge in [-0.3, -0.25) is 14.5 Å². The molecule has 2 atom stereocenters. The number of amides is 2. The third kappa shape index (κ3) is 6.16. The van der Waals surface area contributed by atoms with Crippen molar-refractivity contribution >= 4 is 74.9 Å². The zero-order valence-corrected chi connectivity index (χ0v) is 25.0. The van der Waals surface area contributed by atoms with Gasteiger partial charge in [0.2, 0.25) is 0 Å². The first-order valence-electron chi connectivity index (χ1n) is 12.4. The van der Waals surface area contributed by atoms with Crippen LogP contribution in [0.25, 0.3) is 0 Å². The molecule has 1 unspecified atom stereocenters. The molecule has 42 heavy (non-hydrogen) atoms. The van der Waals surface area contributed by atoms with Gasteiger partial charge in [-0.1, -0.05) is 89.0 Å². The predicted octanol–water partition coefficient (Wildman–Crippen LogP) is 4.38. The number of anilines is 1. The van der Waals surface area contributed by atoms with Crippen molar-refractivity contribution in [3.8, 4) is 0 Å². The molecule has 2 aromatic carbocycles. The Bertz CT molecular complexity index is 1550. The minimum atomic E-state index is -0.959. The Kier molecular flexibility index (Phi) is 9.17. The van der Waals surface area contributed by atoms with Gasteiger partial charge >= 0.3 is 5.97 Å². The summed E-state index contributed by atoms with van der Waals surface area (Å²) in [5, 5.41) is 7.64. The summed E-state index contributed by atoms with van der Waals surface area (Å²) >= 11 is 14.4. The minimum Gasteiger partial charge on any atom is -0.448 e. The molecule has 3 aromatic rings. The number of benzene rings is 2. The lowest BCUT2D eigenvalue weighted by Gasteiger charge is -2.49. The standard InChI is InChI=1S/C28H23Cl2N5O5S2/c1-39-34-20(18-14-42-28(31)32-18)24(36)33-21-25(37)35-22(17(12-19(29)30)13-41-26(21)35)27(38)40-23(15-8-4-2-5-9-15)16-10-6-3-7-11-16/h2-12,14,21,23,26H,13H2,1H3,(H2,31,32)(H,33,36)/t21?,26-/m0/s1. The zero-order chi connectivity index (χ0) is 29.8. The van der Waals surface area contributed by atoms with Crippen molar-refractivity contribution in [2.45, 2.75) is 17.5 Å². The van der Waals surface area contributed by atoms with Crippen molar-refractivity contribution < 1.29 is 24.0 Å². The number of nitrogen functional groups attached to an aromatic ring is 1. The average molecular weight is 645 g/mol. The molecule has 1 aromatic heterocycles. The number of fused-ring (bicyclic) bond motifs is 1. The second-order valence-corrected chi connectivity index (χ2v) is 12.0. The van der Waals surface area contributed by atoms with Crippen LogP contribution in [-0.4, -0.2) is 57.7 Å². The molecule has 0 saturated carbocycles. The number of esters is 1. The molecule has 1 fully saturated rings. The Morgan fingerprint density at radius 2 is 1.79 bits per heavy atom. The van der Waals surface area contributed by atoms with Crippen LogP contribution in [0.15, 0.2) is 93.0 Å². The molecule has 0 spiro atoms. The Labute approximate surface area is 259 Å². The van der Waals surface area contributed by atoms with Gasteiger partial charge in [0.15, 0.2) is 16.9 Å². The summed E-state index contributed by atoms with van der Waals surface area (Å²) in [5.41, 5.74) is 7.69. The number of hydrogen-bond acceptors (Lipinski definition) is 10. The number of rotatable bonds is 9. The van der Waals surface area contributed by atoms with Gasteiger partial charge in [-0.25, -0.2) is 9.78 Å². The average Bonchev–Trinajstić information content (AvgIpc) is 3.43. The number of nitrogens with zero attached hydrogens (tertiary/aromatic N) is 3. The Hall–Kier alpha value is -3.84. The van der Waals surface area contributed by atoms with Crippen molar-refractivity contribution in [2.75, 3.05) is 18.6 Å². The highest BCUT2D eigenvalue weighted by Crippen LogP contribution is 2.42. The molecule has 5 rings (SSSR count). The van der Waals surface area contributed by atoms with Gasteiger partial charge < -0.3 is 20.6 Å². The van der Waals surface area contributed by atoms with E-state index in [0.29, 0.717) is 5.57 Å². The van der Waals surface area contributed by atoms with Crippen LogP contribution in [0.3, 0.4) is 0 Å². The number of hydrogen-bond donors (Lipinski definition) is 2. The molecular weight excluding hydrogens is 621 g/mol. The smallest absolute Gasteiger partial charge is 0.356 e. The summed E-state index contributed by atoms with van der Waals surface area (Å²) in [6.45, 7) is 0. The predicted molar refractivity (Wildman–Crippen MR) is 163 cm³/mol. The fourth-order valence-electron chi connectivity index (χ4n) is 4.52. The Balaban J connectivity index is 1.42. The van der Waals surface area contributed by atoms with E-state index in [0.717, 1.165) is 22.5 Å². The molecule has 2 amide bonds. The van der Waals surface area contributed by atoms with E-state index >= 15 is 0 Å². The maximum atomic E-state index is 13.9. The summed E-state index contributed by atoms with van der Waals surface area (Å²) in [5.74, 6) is -1.67. The topological polar surface area (TPSA) is 136 Å². The zero-order valence-electron chi connectivity index (χ0n) is 21.9. The van der Waals surface area contributed by atoms with E-state index in [1.165, 1.54) is 29.8 Å². The molecule has 0 aliphatic carbocycles. The summed E-state index contributed by atoms with van der Waals surface area (Å²) in [7, 11) is 1.29. The van der Waals surface area contributed by atoms with E-state index in [1.807, 2.05) is 60.7 Å². The summed E-state index contributed by atoms with van der Waals surface area (Å²) in [6.07, 6.45) is 0.667. The molecule has 2 aliphatic rings. The van der Waals surface area contributed by atoms with Gasteiger partial charge in [-0.05, 0) is 22.8 Å². The van der Waals surface area contributed by atoms with Crippen molar-refractivity contribution in [2.24, 2.45) is 5.16 Å². The van der Waals surface area contributed by atoms with Crippen LogP contribution >= 0.6 is 46.3 Å². The van der Waals surface area contributed by atoms with Gasteiger partial charge in [0.05, 0.1) is 0 Å². The maximum Gasteiger partial charge on any atom is 0.356 e. The van der Waals surface area contributed by atoms with Crippen molar-refractivity contribution in [3.63, 3.8) is 0 Å². The normalized spacial score (nSPS) is 18.2. The van der Waals surface area contributed by atoms with Crippen molar-refractivity contribution in [3.05, 3.63) is 105 Å². The first-order chi connectivity index (χ1) is 20.3. The van der Waals surface area contributed by atoms with Crippen molar-refractivity contribution in [1.29, 1.82) is 0 Å². The second-order valence-electron chi connectivity index (χ2n) is 8.97. The van der Waals surface area contributed by atoms with Gasteiger partial charge in [0.1, 0.15) is 34.4 Å². The van der Waals surface area contributed by atoms with E-state index in [2.05, 4.69) is 15.5 Å². The van der Waals surface area contributed by atoms with E-state index in [1.54, 1.807) is 5.38 Å². The number of nitrogens with one attached hydrogen (secondary N) is 1. The number of aromatic nitrogens is 1. The van der Waals surface area contributed by atoms with E-state index in [-0.39, 0.29) is 32.5 Å². The lowest BCUT2D eigenvalue weighted by atomic mass is 10.0. The number of halogens is 2. The van der Waals surface area contributed by atoms with E-state index < -0.39 is 35.3 Å². The third-order valence-electron chi connectivity index (χ3n) is 6.35. The van der Waals surface area contributed by atoms with Crippen molar-refractivity contribution in [1.82, 2.24) is 15.2 Å². The van der Waals surface area contributed by atoms with Crippen LogP contribution in [0.5, 0.6) is 0 Å². The first kappa shape index (κ1) is 29.6. The van der Waals surface area contributed by atoms with Gasteiger partial charge in [0.25, 0.3) is 11.8 Å². The number of oxime groups is 1. The maximum absolute atomic E-state index is 13.9. The largest absolute Gasteiger partial charge is 0.448 e. The van der Waals surface area contributed by atoms with Crippen LogP contribution in [-0.2, 0) is 24.0 Å². The highest BCUT2D eigenvalue weighted by Gasteiger charge is 2.54. The highest BCUT2D eigenvalue weighted by molar-refractivity contribution is 8.00. The third-order valence-corrected chi connectivity index (χ3v) is 8.55. The summed E-state index contributed by atoms with van der Waals surface area (Å²) < 4.78 is 5.98. The molecule has 0 bridgehead atoms. The first-order valence-corrected chi connectivity index (χ1v) is 15.1. The SMILES string of the molecule is CON=C(C(=O)NC1C(=O)N2C(C(=O)OC(c3ccccc3)c3ccccc3)=C(C=C(Cl)Cl)CS[C@@H]12)c1csc(N)n1. The van der Waals surface area contributed by atoms with E-state index in [4.69, 9.17) is 38.5 Å². The number of β-lactam (4-membered cyclic amide) rings is 1. The lowest BCUT2D eigenvalue weighted by Crippen LogP contribution is -2.71. The quantitative estimate of drug-likeness (QED) is 0.152. The van der Waals surface area contributed by atoms with E-state index in [9.17, 15) is 14.4 Å². The summed E-state index contributed by atoms with van der Waals surface area (Å²) in [4.78, 5) is 50.7. The van der Waals surface area contributed by atoms with Gasteiger partial charge in [0, 0.05) is 11.1 Å². The summed E-state index contributed by atoms with van der Waals surface area (Å²) in [6, 6.07) is 17.6. The number of nitrogens with two attached hydrogens (primary N) is 1. The number of allylic oxidation sites excluding steroid dienone is 1. The molecule has 14 heteroatoms. The Morgan fingerprint density at radius 3 is 2.33 bits per heavy atom.